The van der Waals surface area contributed by atoms with Crippen LogP contribution in [0.3, 0.4) is 0 Å². The molecule has 0 spiro atoms. The Bertz CT molecular complexity index is 684. The van der Waals surface area contributed by atoms with Crippen LogP contribution < -0.4 is 5.32 Å². The van der Waals surface area contributed by atoms with Gasteiger partial charge in [-0.15, -0.1) is 11.3 Å². The van der Waals surface area contributed by atoms with E-state index >= 15 is 0 Å². The Morgan fingerprint density at radius 1 is 1.30 bits per heavy atom. The van der Waals surface area contributed by atoms with Crippen LogP contribution >= 0.6 is 34.5 Å². The van der Waals surface area contributed by atoms with E-state index in [1.54, 1.807) is 29.5 Å². The summed E-state index contributed by atoms with van der Waals surface area (Å²) in [4.78, 5) is 15.3. The number of nitrogens with zero attached hydrogens (tertiary/aromatic N) is 1. The van der Waals surface area contributed by atoms with Crippen molar-refractivity contribution in [2.75, 3.05) is 20.6 Å². The SMILES string of the molecule is CN(C)C(CNC(=O)/C=C/c1cccc(Cl)c1Cl)c1cccs1. The van der Waals surface area contributed by atoms with Gasteiger partial charge >= 0.3 is 0 Å². The third-order valence-electron chi connectivity index (χ3n) is 3.36. The molecule has 1 aromatic carbocycles. The molecule has 1 atom stereocenters. The second-order valence-electron chi connectivity index (χ2n) is 5.22. The Labute approximate surface area is 150 Å². The molecule has 6 heteroatoms. The number of thiophene rings is 1. The van der Waals surface area contributed by atoms with E-state index in [1.165, 1.54) is 11.0 Å². The summed E-state index contributed by atoms with van der Waals surface area (Å²) in [6.45, 7) is 0.542. The summed E-state index contributed by atoms with van der Waals surface area (Å²) >= 11 is 13.7. The number of nitrogens with one attached hydrogen (secondary N) is 1. The minimum atomic E-state index is -0.163. The van der Waals surface area contributed by atoms with Crippen LogP contribution in [0.1, 0.15) is 16.5 Å². The predicted octanol–water partition coefficient (Wildman–Crippen LogP) is 4.49. The number of likely N-dealkylation sites (N-methyl/N-ethyl adjacent to an activating group) is 1. The average molecular weight is 369 g/mol. The van der Waals surface area contributed by atoms with Crippen molar-refractivity contribution in [2.45, 2.75) is 6.04 Å². The lowest BCUT2D eigenvalue weighted by Gasteiger charge is -2.23. The van der Waals surface area contributed by atoms with Gasteiger partial charge in [0.1, 0.15) is 0 Å². The van der Waals surface area contributed by atoms with Crippen molar-refractivity contribution in [3.63, 3.8) is 0 Å². The van der Waals surface area contributed by atoms with Gasteiger partial charge in [0, 0.05) is 17.5 Å². The van der Waals surface area contributed by atoms with Gasteiger partial charge in [-0.2, -0.15) is 0 Å². The van der Waals surface area contributed by atoms with Gasteiger partial charge < -0.3 is 10.2 Å². The second kappa shape index (κ2) is 8.50. The van der Waals surface area contributed by atoms with Gasteiger partial charge in [0.25, 0.3) is 0 Å². The van der Waals surface area contributed by atoms with E-state index in [2.05, 4.69) is 16.3 Å². The van der Waals surface area contributed by atoms with Crippen LogP contribution in [0.2, 0.25) is 10.0 Å². The summed E-state index contributed by atoms with van der Waals surface area (Å²) in [5.74, 6) is -0.163. The molecule has 0 aliphatic carbocycles. The highest BCUT2D eigenvalue weighted by atomic mass is 35.5. The van der Waals surface area contributed by atoms with Crippen LogP contribution in [-0.2, 0) is 4.79 Å². The highest BCUT2D eigenvalue weighted by molar-refractivity contribution is 7.10. The molecule has 0 saturated heterocycles. The molecule has 1 amide bonds. The minimum absolute atomic E-state index is 0.155. The number of amides is 1. The number of benzene rings is 1. The first-order chi connectivity index (χ1) is 11.0. The molecule has 0 aliphatic heterocycles. The van der Waals surface area contributed by atoms with Crippen LogP contribution in [0, 0.1) is 0 Å². The van der Waals surface area contributed by atoms with Crippen molar-refractivity contribution in [3.05, 3.63) is 62.3 Å². The molecule has 1 aromatic heterocycles. The third-order valence-corrected chi connectivity index (χ3v) is 5.17. The largest absolute Gasteiger partial charge is 0.351 e. The molecule has 2 rings (SSSR count). The Balaban J connectivity index is 1.96. The standard InChI is InChI=1S/C17H18Cl2N2OS/c1-21(2)14(15-7-4-10-23-15)11-20-16(22)9-8-12-5-3-6-13(18)17(12)19/h3-10,14H,11H2,1-2H3,(H,20,22)/b9-8+. The van der Waals surface area contributed by atoms with Crippen LogP contribution in [0.15, 0.2) is 41.8 Å². The lowest BCUT2D eigenvalue weighted by Crippen LogP contribution is -2.33. The summed E-state index contributed by atoms with van der Waals surface area (Å²) < 4.78 is 0. The lowest BCUT2D eigenvalue weighted by atomic mass is 10.2. The smallest absolute Gasteiger partial charge is 0.244 e. The molecule has 0 radical (unpaired) electrons. The number of hydrogen-bond donors (Lipinski definition) is 1. The molecule has 1 N–H and O–H groups in total. The zero-order chi connectivity index (χ0) is 16.8. The highest BCUT2D eigenvalue weighted by Crippen LogP contribution is 2.26. The van der Waals surface area contributed by atoms with E-state index in [1.807, 2.05) is 31.6 Å². The Hall–Kier alpha value is -1.33. The first-order valence-electron chi connectivity index (χ1n) is 7.09. The molecule has 3 nitrogen and oxygen atoms in total. The number of rotatable bonds is 6. The molecule has 0 aliphatic rings. The maximum absolute atomic E-state index is 12.0. The molecule has 0 bridgehead atoms. The van der Waals surface area contributed by atoms with Crippen molar-refractivity contribution in [3.8, 4) is 0 Å². The number of halogens is 2. The van der Waals surface area contributed by atoms with Crippen molar-refractivity contribution < 1.29 is 4.79 Å². The monoisotopic (exact) mass is 368 g/mol. The van der Waals surface area contributed by atoms with Gasteiger partial charge in [-0.1, -0.05) is 41.4 Å². The van der Waals surface area contributed by atoms with Gasteiger partial charge in [-0.05, 0) is 43.2 Å². The van der Waals surface area contributed by atoms with Crippen molar-refractivity contribution in [2.24, 2.45) is 0 Å². The Morgan fingerprint density at radius 2 is 2.09 bits per heavy atom. The van der Waals surface area contributed by atoms with E-state index in [0.717, 1.165) is 5.56 Å². The average Bonchev–Trinajstić information content (AvgIpc) is 3.02. The normalized spacial score (nSPS) is 12.7. The van der Waals surface area contributed by atoms with Crippen LogP contribution in [0.4, 0.5) is 0 Å². The minimum Gasteiger partial charge on any atom is -0.351 e. The zero-order valence-electron chi connectivity index (χ0n) is 12.9. The zero-order valence-corrected chi connectivity index (χ0v) is 15.3. The van der Waals surface area contributed by atoms with E-state index < -0.39 is 0 Å². The van der Waals surface area contributed by atoms with E-state index in [9.17, 15) is 4.79 Å². The molecule has 0 saturated carbocycles. The number of carbonyl (C=O) groups is 1. The summed E-state index contributed by atoms with van der Waals surface area (Å²) in [6, 6.07) is 9.56. The molecular formula is C17H18Cl2N2OS. The Morgan fingerprint density at radius 3 is 2.74 bits per heavy atom. The molecule has 23 heavy (non-hydrogen) atoms. The van der Waals surface area contributed by atoms with Gasteiger partial charge in [-0.25, -0.2) is 0 Å². The molecule has 0 fully saturated rings. The van der Waals surface area contributed by atoms with Crippen molar-refractivity contribution in [1.82, 2.24) is 10.2 Å². The third kappa shape index (κ3) is 5.08. The summed E-state index contributed by atoms with van der Waals surface area (Å²) in [6.07, 6.45) is 3.14. The highest BCUT2D eigenvalue weighted by Gasteiger charge is 2.15. The maximum Gasteiger partial charge on any atom is 0.244 e. The fourth-order valence-corrected chi connectivity index (χ4v) is 3.38. The van der Waals surface area contributed by atoms with E-state index in [-0.39, 0.29) is 11.9 Å². The predicted molar refractivity (Wildman–Crippen MR) is 99.3 cm³/mol. The Kier molecular flexibility index (Phi) is 6.66. The molecular weight excluding hydrogens is 351 g/mol. The first-order valence-corrected chi connectivity index (χ1v) is 8.72. The van der Waals surface area contributed by atoms with Crippen molar-refractivity contribution in [1.29, 1.82) is 0 Å². The summed E-state index contributed by atoms with van der Waals surface area (Å²) in [5, 5.41) is 5.88. The fourth-order valence-electron chi connectivity index (χ4n) is 2.09. The lowest BCUT2D eigenvalue weighted by molar-refractivity contribution is -0.116. The van der Waals surface area contributed by atoms with E-state index in [4.69, 9.17) is 23.2 Å². The molecule has 2 aromatic rings. The fraction of sp³-hybridized carbons (Fsp3) is 0.235. The van der Waals surface area contributed by atoms with Gasteiger partial charge in [-0.3, -0.25) is 4.79 Å². The summed E-state index contributed by atoms with van der Waals surface area (Å²) in [5.41, 5.74) is 0.719. The first kappa shape index (κ1) is 18.0. The molecule has 1 unspecified atom stereocenters. The number of carbonyl (C=O) groups excluding carboxylic acids is 1. The van der Waals surface area contributed by atoms with Crippen LogP contribution in [-0.4, -0.2) is 31.4 Å². The quantitative estimate of drug-likeness (QED) is 0.761. The topological polar surface area (TPSA) is 32.3 Å². The summed E-state index contributed by atoms with van der Waals surface area (Å²) in [7, 11) is 4.00. The maximum atomic E-state index is 12.0. The van der Waals surface area contributed by atoms with Gasteiger partial charge in [0.15, 0.2) is 0 Å². The van der Waals surface area contributed by atoms with Crippen LogP contribution in [0.5, 0.6) is 0 Å². The van der Waals surface area contributed by atoms with Gasteiger partial charge in [0.2, 0.25) is 5.91 Å². The van der Waals surface area contributed by atoms with Gasteiger partial charge in [0.05, 0.1) is 16.1 Å². The van der Waals surface area contributed by atoms with Crippen LogP contribution in [0.25, 0.3) is 6.08 Å². The number of hydrogen-bond acceptors (Lipinski definition) is 3. The second-order valence-corrected chi connectivity index (χ2v) is 6.98. The molecule has 122 valence electrons. The molecule has 1 heterocycles. The van der Waals surface area contributed by atoms with E-state index in [0.29, 0.717) is 16.6 Å². The van der Waals surface area contributed by atoms with Crippen molar-refractivity contribution >= 4 is 46.5 Å².